The van der Waals surface area contributed by atoms with E-state index in [0.717, 1.165) is 12.5 Å². The highest BCUT2D eigenvalue weighted by Gasteiger charge is 2.19. The Hall–Kier alpha value is -1.47. The highest BCUT2D eigenvalue weighted by atomic mass is 79.9. The van der Waals surface area contributed by atoms with Gasteiger partial charge >= 0.3 is 0 Å². The molecule has 0 aliphatic carbocycles. The summed E-state index contributed by atoms with van der Waals surface area (Å²) in [5.41, 5.74) is 0.0519. The van der Waals surface area contributed by atoms with E-state index >= 15 is 0 Å². The van der Waals surface area contributed by atoms with Crippen molar-refractivity contribution in [2.24, 2.45) is 0 Å². The Balaban J connectivity index is 2.19. The summed E-state index contributed by atoms with van der Waals surface area (Å²) in [6.07, 6.45) is 0.754. The molecule has 20 heavy (non-hydrogen) atoms. The van der Waals surface area contributed by atoms with Crippen LogP contribution in [0.3, 0.4) is 0 Å². The van der Waals surface area contributed by atoms with E-state index in [-0.39, 0.29) is 16.2 Å². The first-order chi connectivity index (χ1) is 9.47. The molecule has 7 heteroatoms. The molecule has 2 aromatic rings. The van der Waals surface area contributed by atoms with E-state index < -0.39 is 10.7 Å². The number of nitrogens with one attached hydrogen (secondary N) is 1. The van der Waals surface area contributed by atoms with E-state index in [1.807, 2.05) is 24.4 Å². The van der Waals surface area contributed by atoms with Crippen molar-refractivity contribution in [2.75, 3.05) is 5.32 Å². The van der Waals surface area contributed by atoms with Crippen LogP contribution in [-0.4, -0.2) is 11.0 Å². The van der Waals surface area contributed by atoms with Crippen molar-refractivity contribution in [1.82, 2.24) is 0 Å². The molecule has 1 aromatic heterocycles. The van der Waals surface area contributed by atoms with Crippen LogP contribution < -0.4 is 5.32 Å². The molecule has 2 rings (SSSR count). The lowest BCUT2D eigenvalue weighted by Crippen LogP contribution is -2.18. The maximum absolute atomic E-state index is 13.4. The van der Waals surface area contributed by atoms with E-state index in [2.05, 4.69) is 21.2 Å². The van der Waals surface area contributed by atoms with Gasteiger partial charge in [-0.1, -0.05) is 6.07 Å². The molecular weight excluding hydrogens is 347 g/mol. The highest BCUT2D eigenvalue weighted by Crippen LogP contribution is 2.31. The van der Waals surface area contributed by atoms with Gasteiger partial charge in [-0.05, 0) is 40.4 Å². The summed E-state index contributed by atoms with van der Waals surface area (Å²) >= 11 is 4.68. The third-order valence-electron chi connectivity index (χ3n) is 2.72. The molecule has 106 valence electrons. The molecule has 0 aliphatic rings. The Morgan fingerprint density at radius 1 is 1.55 bits per heavy atom. The van der Waals surface area contributed by atoms with Crippen LogP contribution in [0.25, 0.3) is 0 Å². The summed E-state index contributed by atoms with van der Waals surface area (Å²) in [6.45, 7) is 1.93. The number of thiophene rings is 1. The third-order valence-corrected chi connectivity index (χ3v) is 4.23. The predicted octanol–water partition coefficient (Wildman–Crippen LogP) is 4.60. The van der Waals surface area contributed by atoms with Gasteiger partial charge in [0.1, 0.15) is 11.5 Å². The smallest absolute Gasteiger partial charge is 0.295 e. The summed E-state index contributed by atoms with van der Waals surface area (Å²) in [7, 11) is 0. The van der Waals surface area contributed by atoms with E-state index in [9.17, 15) is 14.5 Å². The van der Waals surface area contributed by atoms with Crippen LogP contribution in [0.2, 0.25) is 0 Å². The third kappa shape index (κ3) is 3.55. The van der Waals surface area contributed by atoms with Crippen LogP contribution in [0.4, 0.5) is 15.8 Å². The average Bonchev–Trinajstić information content (AvgIpc) is 2.85. The van der Waals surface area contributed by atoms with Gasteiger partial charge in [-0.2, -0.15) is 0 Å². The number of hydrogen-bond acceptors (Lipinski definition) is 4. The Labute approximate surface area is 127 Å². The van der Waals surface area contributed by atoms with Crippen molar-refractivity contribution in [3.8, 4) is 0 Å². The normalized spacial score (nSPS) is 12.2. The molecule has 0 spiro atoms. The molecule has 0 fully saturated rings. The van der Waals surface area contributed by atoms with Gasteiger partial charge in [0.25, 0.3) is 5.69 Å². The predicted molar refractivity (Wildman–Crippen MR) is 81.9 cm³/mol. The number of anilines is 1. The zero-order valence-electron chi connectivity index (χ0n) is 10.6. The minimum atomic E-state index is -0.645. The minimum absolute atomic E-state index is 0.00436. The first-order valence-electron chi connectivity index (χ1n) is 5.89. The average molecular weight is 359 g/mol. The fourth-order valence-corrected chi connectivity index (χ4v) is 3.03. The maximum Gasteiger partial charge on any atom is 0.295 e. The molecule has 0 aliphatic heterocycles. The molecule has 1 unspecified atom stereocenters. The quantitative estimate of drug-likeness (QED) is 0.627. The number of benzene rings is 1. The standard InChI is InChI=1S/C13H12BrFN2O2S/c1-8(5-9-3-2-4-20-9)16-12-6-10(14)11(15)7-13(12)17(18)19/h2-4,6-8,16H,5H2,1H3. The van der Waals surface area contributed by atoms with Crippen LogP contribution >= 0.6 is 27.3 Å². The number of rotatable bonds is 5. The Bertz CT molecular complexity index is 619. The van der Waals surface area contributed by atoms with Gasteiger partial charge in [0.05, 0.1) is 15.5 Å². The second-order valence-electron chi connectivity index (χ2n) is 4.37. The van der Waals surface area contributed by atoms with Gasteiger partial charge in [0.2, 0.25) is 0 Å². The summed E-state index contributed by atoms with van der Waals surface area (Å²) in [5.74, 6) is -0.645. The molecule has 0 saturated heterocycles. The van der Waals surface area contributed by atoms with Gasteiger partial charge in [-0.15, -0.1) is 11.3 Å². The molecule has 0 bridgehead atoms. The lowest BCUT2D eigenvalue weighted by atomic mass is 10.2. The fraction of sp³-hybridized carbons (Fsp3) is 0.231. The van der Waals surface area contributed by atoms with Crippen molar-refractivity contribution in [2.45, 2.75) is 19.4 Å². The summed E-state index contributed by atoms with van der Waals surface area (Å²) < 4.78 is 13.6. The van der Waals surface area contributed by atoms with Gasteiger partial charge in [0.15, 0.2) is 0 Å². The number of halogens is 2. The molecule has 1 N–H and O–H groups in total. The van der Waals surface area contributed by atoms with Crippen LogP contribution in [-0.2, 0) is 6.42 Å². The fourth-order valence-electron chi connectivity index (χ4n) is 1.85. The largest absolute Gasteiger partial charge is 0.377 e. The molecule has 1 heterocycles. The SMILES string of the molecule is CC(Cc1cccs1)Nc1cc(Br)c(F)cc1[N+](=O)[O-]. The van der Waals surface area contributed by atoms with Crippen molar-refractivity contribution >= 4 is 38.6 Å². The lowest BCUT2D eigenvalue weighted by molar-refractivity contribution is -0.384. The van der Waals surface area contributed by atoms with Gasteiger partial charge in [-0.25, -0.2) is 4.39 Å². The number of hydrogen-bond donors (Lipinski definition) is 1. The summed E-state index contributed by atoms with van der Waals surface area (Å²) in [4.78, 5) is 11.6. The van der Waals surface area contributed by atoms with Crippen molar-refractivity contribution in [3.63, 3.8) is 0 Å². The zero-order chi connectivity index (χ0) is 14.7. The molecule has 4 nitrogen and oxygen atoms in total. The lowest BCUT2D eigenvalue weighted by Gasteiger charge is -2.15. The molecule has 0 radical (unpaired) electrons. The highest BCUT2D eigenvalue weighted by molar-refractivity contribution is 9.10. The first kappa shape index (κ1) is 14.9. The zero-order valence-corrected chi connectivity index (χ0v) is 13.0. The van der Waals surface area contributed by atoms with Gasteiger partial charge in [0, 0.05) is 17.3 Å². The Morgan fingerprint density at radius 3 is 2.90 bits per heavy atom. The monoisotopic (exact) mass is 358 g/mol. The van der Waals surface area contributed by atoms with Crippen LogP contribution in [0, 0.1) is 15.9 Å². The van der Waals surface area contributed by atoms with E-state index in [0.29, 0.717) is 5.69 Å². The molecular formula is C13H12BrFN2O2S. The topological polar surface area (TPSA) is 55.2 Å². The Morgan fingerprint density at radius 2 is 2.30 bits per heavy atom. The van der Waals surface area contributed by atoms with Crippen molar-refractivity contribution in [1.29, 1.82) is 0 Å². The minimum Gasteiger partial charge on any atom is -0.377 e. The number of nitro groups is 1. The summed E-state index contributed by atoms with van der Waals surface area (Å²) in [6, 6.07) is 6.30. The first-order valence-corrected chi connectivity index (χ1v) is 7.57. The molecule has 0 amide bonds. The maximum atomic E-state index is 13.4. The summed E-state index contributed by atoms with van der Waals surface area (Å²) in [5, 5.41) is 16.0. The molecule has 0 saturated carbocycles. The van der Waals surface area contributed by atoms with E-state index in [1.54, 1.807) is 11.3 Å². The van der Waals surface area contributed by atoms with Crippen LogP contribution in [0.1, 0.15) is 11.8 Å². The second kappa shape index (κ2) is 6.32. The Kier molecular flexibility index (Phi) is 4.72. The van der Waals surface area contributed by atoms with Crippen molar-refractivity contribution < 1.29 is 9.31 Å². The second-order valence-corrected chi connectivity index (χ2v) is 6.26. The van der Waals surface area contributed by atoms with Gasteiger partial charge < -0.3 is 5.32 Å². The number of nitro benzene ring substituents is 1. The number of nitrogens with zero attached hydrogens (tertiary/aromatic N) is 1. The van der Waals surface area contributed by atoms with Crippen LogP contribution in [0.5, 0.6) is 0 Å². The van der Waals surface area contributed by atoms with E-state index in [1.165, 1.54) is 10.9 Å². The van der Waals surface area contributed by atoms with Crippen LogP contribution in [0.15, 0.2) is 34.1 Å². The molecule has 1 atom stereocenters. The van der Waals surface area contributed by atoms with Gasteiger partial charge in [-0.3, -0.25) is 10.1 Å². The molecule has 1 aromatic carbocycles. The van der Waals surface area contributed by atoms with Crippen molar-refractivity contribution in [3.05, 3.63) is 54.9 Å². The van der Waals surface area contributed by atoms with E-state index in [4.69, 9.17) is 0 Å².